The monoisotopic (exact) mass is 310 g/mol. The molecule has 0 saturated carbocycles. The van der Waals surface area contributed by atoms with Gasteiger partial charge in [-0.15, -0.1) is 0 Å². The summed E-state index contributed by atoms with van der Waals surface area (Å²) in [5, 5.41) is 9.36. The first kappa shape index (κ1) is 19.2. The van der Waals surface area contributed by atoms with E-state index in [1.165, 1.54) is 31.4 Å². The smallest absolute Gasteiger partial charge is 0.746 e. The first-order valence-electron chi connectivity index (χ1n) is 5.03. The van der Waals surface area contributed by atoms with Gasteiger partial charge in [-0.25, -0.2) is 4.79 Å². The average molecular weight is 310 g/mol. The molecule has 0 spiro atoms. The molecule has 7 nitrogen and oxygen atoms in total. The molecule has 0 radical (unpaired) electrons. The second-order valence-corrected chi connectivity index (χ2v) is 4.75. The number of aromatic hydroxyl groups is 1. The van der Waals surface area contributed by atoms with Gasteiger partial charge in [0.15, 0.2) is 11.5 Å². The van der Waals surface area contributed by atoms with Crippen LogP contribution in [-0.4, -0.2) is 25.3 Å². The van der Waals surface area contributed by atoms with E-state index >= 15 is 0 Å². The van der Waals surface area contributed by atoms with Crippen molar-refractivity contribution in [1.29, 1.82) is 0 Å². The Morgan fingerprint density at radius 3 is 2.60 bits per heavy atom. The summed E-state index contributed by atoms with van der Waals surface area (Å²) in [6.07, 6.45) is 2.22. The van der Waals surface area contributed by atoms with Crippen LogP contribution in [0.25, 0.3) is 6.08 Å². The van der Waals surface area contributed by atoms with Crippen LogP contribution in [0, 0.1) is 0 Å². The summed E-state index contributed by atoms with van der Waals surface area (Å²) in [5.74, 6) is -0.917. The van der Waals surface area contributed by atoms with E-state index < -0.39 is 13.8 Å². The maximum absolute atomic E-state index is 11.2. The average Bonchev–Trinajstić information content (AvgIpc) is 2.37. The maximum Gasteiger partial charge on any atom is 1.00 e. The van der Waals surface area contributed by atoms with Gasteiger partial charge in [-0.2, -0.15) is 0 Å². The van der Waals surface area contributed by atoms with Crippen molar-refractivity contribution in [3.05, 3.63) is 29.8 Å². The third-order valence-corrected chi connectivity index (χ3v) is 2.89. The Labute approximate surface area is 138 Å². The summed E-state index contributed by atoms with van der Waals surface area (Å²) >= 11 is 0. The number of carbonyl (C=O) groups is 1. The molecule has 1 aromatic carbocycles. The van der Waals surface area contributed by atoms with Crippen LogP contribution in [-0.2, 0) is 18.4 Å². The minimum absolute atomic E-state index is 0. The molecule has 0 heterocycles. The largest absolute Gasteiger partial charge is 1.00 e. The Balaban J connectivity index is 0.00000361. The number of phosphoric ester groups is 1. The molecule has 1 unspecified atom stereocenters. The van der Waals surface area contributed by atoms with Gasteiger partial charge >= 0.3 is 43.3 Å². The summed E-state index contributed by atoms with van der Waals surface area (Å²) in [6.45, 7) is 0. The van der Waals surface area contributed by atoms with E-state index in [-0.39, 0.29) is 41.1 Å². The normalized spacial score (nSPS) is 13.3. The van der Waals surface area contributed by atoms with Crippen molar-refractivity contribution in [1.82, 2.24) is 0 Å². The molecule has 0 aliphatic rings. The van der Waals surface area contributed by atoms with Crippen molar-refractivity contribution in [2.75, 3.05) is 14.2 Å². The molecule has 0 aromatic heterocycles. The van der Waals surface area contributed by atoms with E-state index in [1.54, 1.807) is 0 Å². The van der Waals surface area contributed by atoms with Crippen molar-refractivity contribution >= 4 is 19.9 Å². The number of phosphoric acid groups is 1. The molecular formula is C11H12NaO7P. The van der Waals surface area contributed by atoms with E-state index in [4.69, 9.17) is 4.74 Å². The number of benzene rings is 1. The third-order valence-electron chi connectivity index (χ3n) is 2.04. The van der Waals surface area contributed by atoms with Gasteiger partial charge in [0.05, 0.1) is 7.11 Å². The zero-order chi connectivity index (χ0) is 14.5. The topological polar surface area (TPSA) is 105 Å². The number of hydrogen-bond acceptors (Lipinski definition) is 7. The van der Waals surface area contributed by atoms with Crippen molar-refractivity contribution < 1.29 is 62.7 Å². The fourth-order valence-corrected chi connectivity index (χ4v) is 1.50. The Bertz CT molecular complexity index is 544. The Hall–Kier alpha value is -0.820. The van der Waals surface area contributed by atoms with E-state index in [2.05, 4.69) is 9.05 Å². The van der Waals surface area contributed by atoms with E-state index in [1.807, 2.05) is 0 Å². The van der Waals surface area contributed by atoms with Crippen LogP contribution in [0.1, 0.15) is 5.56 Å². The quantitative estimate of drug-likeness (QED) is 0.384. The number of ether oxygens (including phenoxy) is 1. The van der Waals surface area contributed by atoms with E-state index in [9.17, 15) is 19.4 Å². The van der Waals surface area contributed by atoms with Gasteiger partial charge < -0.3 is 23.8 Å². The van der Waals surface area contributed by atoms with Crippen molar-refractivity contribution in [2.24, 2.45) is 0 Å². The summed E-state index contributed by atoms with van der Waals surface area (Å²) in [6, 6.07) is 4.35. The van der Waals surface area contributed by atoms with Crippen LogP contribution >= 0.6 is 7.82 Å². The molecule has 1 rings (SSSR count). The molecule has 1 N–H and O–H groups in total. The van der Waals surface area contributed by atoms with Gasteiger partial charge in [0.1, 0.15) is 0 Å². The summed E-state index contributed by atoms with van der Waals surface area (Å²) < 4.78 is 23.8. The molecule has 9 heteroatoms. The van der Waals surface area contributed by atoms with Crippen LogP contribution in [0.3, 0.4) is 0 Å². The number of phenols is 1. The molecule has 0 amide bonds. The number of methoxy groups -OCH3 is 1. The van der Waals surface area contributed by atoms with Crippen molar-refractivity contribution in [2.45, 2.75) is 0 Å². The third kappa shape index (κ3) is 6.09. The van der Waals surface area contributed by atoms with Gasteiger partial charge in [0, 0.05) is 13.2 Å². The number of hydrogen-bond donors (Lipinski definition) is 1. The van der Waals surface area contributed by atoms with Gasteiger partial charge in [0.25, 0.3) is 0 Å². The Morgan fingerprint density at radius 2 is 2.05 bits per heavy atom. The second kappa shape index (κ2) is 8.46. The maximum atomic E-state index is 11.2. The summed E-state index contributed by atoms with van der Waals surface area (Å²) in [7, 11) is -2.33. The number of phenolic OH excluding ortho intramolecular Hbond substituents is 1. The first-order valence-corrected chi connectivity index (χ1v) is 6.49. The molecule has 0 aliphatic carbocycles. The molecule has 1 aromatic rings. The zero-order valence-corrected chi connectivity index (χ0v) is 14.1. The summed E-state index contributed by atoms with van der Waals surface area (Å²) in [5.41, 5.74) is 0.518. The van der Waals surface area contributed by atoms with E-state index in [0.29, 0.717) is 5.56 Å². The van der Waals surface area contributed by atoms with Crippen LogP contribution in [0.5, 0.6) is 11.5 Å². The molecular weight excluding hydrogens is 298 g/mol. The Morgan fingerprint density at radius 1 is 1.40 bits per heavy atom. The van der Waals surface area contributed by atoms with Gasteiger partial charge in [0.2, 0.25) is 0 Å². The molecule has 0 fully saturated rings. The van der Waals surface area contributed by atoms with Gasteiger partial charge in [-0.1, -0.05) is 6.07 Å². The minimum Gasteiger partial charge on any atom is -0.746 e. The zero-order valence-electron chi connectivity index (χ0n) is 11.2. The SMILES string of the molecule is COc1cc(C=CC(=O)OP(=O)([O-])OC)ccc1O.[Na+]. The van der Waals surface area contributed by atoms with Crippen LogP contribution in [0.15, 0.2) is 24.3 Å². The van der Waals surface area contributed by atoms with Crippen molar-refractivity contribution in [3.63, 3.8) is 0 Å². The summed E-state index contributed by atoms with van der Waals surface area (Å²) in [4.78, 5) is 22.0. The first-order chi connectivity index (χ1) is 8.88. The molecule has 1 atom stereocenters. The molecule has 104 valence electrons. The van der Waals surface area contributed by atoms with Crippen molar-refractivity contribution in [3.8, 4) is 11.5 Å². The predicted octanol–water partition coefficient (Wildman–Crippen LogP) is -1.92. The van der Waals surface area contributed by atoms with Crippen LogP contribution < -0.4 is 39.2 Å². The minimum atomic E-state index is -4.59. The molecule has 0 aliphatic heterocycles. The number of carbonyl (C=O) groups excluding carboxylic acids is 1. The Kier molecular flexibility index (Phi) is 8.12. The second-order valence-electron chi connectivity index (χ2n) is 3.30. The van der Waals surface area contributed by atoms with Gasteiger partial charge in [-0.05, 0) is 23.8 Å². The molecule has 0 saturated heterocycles. The predicted molar refractivity (Wildman–Crippen MR) is 64.4 cm³/mol. The number of rotatable bonds is 5. The fourth-order valence-electron chi connectivity index (χ4n) is 1.14. The fraction of sp³-hybridized carbons (Fsp3) is 0.182. The van der Waals surface area contributed by atoms with Crippen LogP contribution in [0.2, 0.25) is 0 Å². The standard InChI is InChI=1S/C11H13O7P.Na/c1-16-10-7-8(3-5-9(10)12)4-6-11(13)18-19(14,15)17-2;/h3-7,12H,1-2H3,(H,14,15);/q;+1/p-1. The molecule has 20 heavy (non-hydrogen) atoms. The van der Waals surface area contributed by atoms with Gasteiger partial charge in [-0.3, -0.25) is 4.57 Å². The molecule has 0 bridgehead atoms. The van der Waals surface area contributed by atoms with Crippen LogP contribution in [0.4, 0.5) is 0 Å². The van der Waals surface area contributed by atoms with E-state index in [0.717, 1.165) is 13.2 Å².